The lowest BCUT2D eigenvalue weighted by Crippen LogP contribution is -2.30. The van der Waals surface area contributed by atoms with E-state index in [1.165, 1.54) is 0 Å². The van der Waals surface area contributed by atoms with Crippen molar-refractivity contribution < 1.29 is 20.1 Å². The van der Waals surface area contributed by atoms with Gasteiger partial charge in [0, 0.05) is 19.2 Å². The van der Waals surface area contributed by atoms with E-state index in [1.54, 1.807) is 13.8 Å². The zero-order valence-corrected chi connectivity index (χ0v) is 8.60. The molecule has 0 radical (unpaired) electrons. The molecule has 0 aliphatic heterocycles. The number of hydrogen-bond donors (Lipinski definition) is 4. The van der Waals surface area contributed by atoms with Crippen LogP contribution in [0.5, 0.6) is 0 Å². The van der Waals surface area contributed by atoms with E-state index in [-0.39, 0.29) is 12.2 Å². The average molecular weight is 205 g/mol. The van der Waals surface area contributed by atoms with Gasteiger partial charge in [-0.15, -0.1) is 0 Å². The maximum atomic E-state index is 9.25. The molecular weight excluding hydrogens is 186 g/mol. The Hall–Kier alpha value is -0.910. The van der Waals surface area contributed by atoms with Crippen LogP contribution < -0.4 is 5.32 Å². The van der Waals surface area contributed by atoms with Crippen LogP contribution in [0.4, 0.5) is 0 Å². The van der Waals surface area contributed by atoms with Gasteiger partial charge in [0.1, 0.15) is 0 Å². The molecule has 0 aliphatic carbocycles. The van der Waals surface area contributed by atoms with Gasteiger partial charge in [-0.25, -0.2) is 4.79 Å². The Kier molecular flexibility index (Phi) is 11.3. The van der Waals surface area contributed by atoms with Gasteiger partial charge in [0.15, 0.2) is 0 Å². The van der Waals surface area contributed by atoms with Crippen LogP contribution >= 0.6 is 0 Å². The van der Waals surface area contributed by atoms with Crippen molar-refractivity contribution in [2.24, 2.45) is 0 Å². The van der Waals surface area contributed by atoms with Crippen molar-refractivity contribution in [1.82, 2.24) is 5.32 Å². The van der Waals surface area contributed by atoms with Crippen molar-refractivity contribution in [3.05, 3.63) is 12.7 Å². The summed E-state index contributed by atoms with van der Waals surface area (Å²) in [6.45, 7) is 7.46. The minimum absolute atomic E-state index is 0.330. The SMILES string of the molecule is C=CC(=O)O.CC(O)CNCC(C)O. The second kappa shape index (κ2) is 10.2. The largest absolute Gasteiger partial charge is 0.478 e. The predicted octanol–water partition coefficient (Wildman–Crippen LogP) is -0.405. The van der Waals surface area contributed by atoms with Crippen molar-refractivity contribution >= 4 is 5.97 Å². The van der Waals surface area contributed by atoms with Crippen LogP contribution in [-0.2, 0) is 4.79 Å². The quantitative estimate of drug-likeness (QED) is 0.458. The monoisotopic (exact) mass is 205 g/mol. The maximum Gasteiger partial charge on any atom is 0.327 e. The van der Waals surface area contributed by atoms with E-state index in [2.05, 4.69) is 11.9 Å². The van der Waals surface area contributed by atoms with E-state index in [0.717, 1.165) is 6.08 Å². The summed E-state index contributed by atoms with van der Waals surface area (Å²) in [4.78, 5) is 9.25. The molecule has 0 saturated heterocycles. The van der Waals surface area contributed by atoms with Gasteiger partial charge in [-0.1, -0.05) is 6.58 Å². The van der Waals surface area contributed by atoms with Crippen molar-refractivity contribution in [2.45, 2.75) is 26.1 Å². The standard InChI is InChI=1S/C6H15NO2.C3H4O2/c1-5(8)3-7-4-6(2)9;1-2-3(4)5/h5-9H,3-4H2,1-2H3;2H,1H2,(H,4,5). The predicted molar refractivity (Wildman–Crippen MR) is 54.1 cm³/mol. The normalized spacial score (nSPS) is 13.4. The minimum atomic E-state index is -0.981. The number of rotatable bonds is 5. The number of aliphatic hydroxyl groups is 2. The van der Waals surface area contributed by atoms with Gasteiger partial charge in [0.25, 0.3) is 0 Å². The van der Waals surface area contributed by atoms with E-state index >= 15 is 0 Å². The summed E-state index contributed by atoms with van der Waals surface area (Å²) in [6, 6.07) is 0. The van der Waals surface area contributed by atoms with E-state index in [0.29, 0.717) is 13.1 Å². The summed E-state index contributed by atoms with van der Waals surface area (Å²) in [6.07, 6.45) is 0.174. The zero-order chi connectivity index (χ0) is 11.6. The minimum Gasteiger partial charge on any atom is -0.478 e. The van der Waals surface area contributed by atoms with E-state index in [4.69, 9.17) is 15.3 Å². The molecule has 0 aromatic rings. The molecule has 0 aliphatic rings. The Morgan fingerprint density at radius 3 is 1.79 bits per heavy atom. The molecule has 2 unspecified atom stereocenters. The van der Waals surface area contributed by atoms with Crippen LogP contribution in [0.1, 0.15) is 13.8 Å². The third-order valence-electron chi connectivity index (χ3n) is 1.05. The number of nitrogens with one attached hydrogen (secondary N) is 1. The third kappa shape index (κ3) is 22.5. The molecule has 0 heterocycles. The number of aliphatic hydroxyl groups excluding tert-OH is 2. The van der Waals surface area contributed by atoms with Crippen LogP contribution in [0.15, 0.2) is 12.7 Å². The van der Waals surface area contributed by atoms with Gasteiger partial charge in [-0.05, 0) is 13.8 Å². The Bertz CT molecular complexity index is 149. The van der Waals surface area contributed by atoms with Gasteiger partial charge < -0.3 is 20.6 Å². The van der Waals surface area contributed by atoms with Crippen LogP contribution in [0.2, 0.25) is 0 Å². The highest BCUT2D eigenvalue weighted by atomic mass is 16.4. The molecule has 84 valence electrons. The highest BCUT2D eigenvalue weighted by molar-refractivity contribution is 5.78. The molecule has 0 saturated carbocycles. The summed E-state index contributed by atoms with van der Waals surface area (Å²) in [7, 11) is 0. The second-order valence-corrected chi connectivity index (χ2v) is 2.90. The molecular formula is C9H19NO4. The first-order chi connectivity index (χ1) is 6.40. The van der Waals surface area contributed by atoms with Crippen molar-refractivity contribution in [1.29, 1.82) is 0 Å². The smallest absolute Gasteiger partial charge is 0.327 e. The molecule has 0 rings (SSSR count). The highest BCUT2D eigenvalue weighted by Gasteiger charge is 1.96. The van der Waals surface area contributed by atoms with Crippen LogP contribution in [0.25, 0.3) is 0 Å². The molecule has 0 aromatic heterocycles. The molecule has 4 N–H and O–H groups in total. The Labute approximate surface area is 84.1 Å². The first-order valence-corrected chi connectivity index (χ1v) is 4.32. The number of carbonyl (C=O) groups is 1. The molecule has 0 amide bonds. The summed E-state index contributed by atoms with van der Waals surface area (Å²) in [5, 5.41) is 27.9. The molecule has 5 nitrogen and oxygen atoms in total. The average Bonchev–Trinajstić information content (AvgIpc) is 2.04. The first kappa shape index (κ1) is 15.6. The third-order valence-corrected chi connectivity index (χ3v) is 1.05. The van der Waals surface area contributed by atoms with Crippen LogP contribution in [0, 0.1) is 0 Å². The fourth-order valence-electron chi connectivity index (χ4n) is 0.501. The lowest BCUT2D eigenvalue weighted by molar-refractivity contribution is -0.131. The second-order valence-electron chi connectivity index (χ2n) is 2.90. The van der Waals surface area contributed by atoms with Crippen molar-refractivity contribution in [2.75, 3.05) is 13.1 Å². The van der Waals surface area contributed by atoms with Crippen molar-refractivity contribution in [3.63, 3.8) is 0 Å². The van der Waals surface area contributed by atoms with Gasteiger partial charge >= 0.3 is 5.97 Å². The zero-order valence-electron chi connectivity index (χ0n) is 8.60. The summed E-state index contributed by atoms with van der Waals surface area (Å²) in [5.41, 5.74) is 0. The molecule has 0 spiro atoms. The first-order valence-electron chi connectivity index (χ1n) is 4.32. The van der Waals surface area contributed by atoms with Crippen LogP contribution in [-0.4, -0.2) is 46.6 Å². The highest BCUT2D eigenvalue weighted by Crippen LogP contribution is 1.77. The summed E-state index contributed by atoms with van der Waals surface area (Å²) < 4.78 is 0. The van der Waals surface area contributed by atoms with Gasteiger partial charge in [-0.2, -0.15) is 0 Å². The molecule has 0 bridgehead atoms. The van der Waals surface area contributed by atoms with E-state index < -0.39 is 5.97 Å². The summed E-state index contributed by atoms with van der Waals surface area (Å²) >= 11 is 0. The lowest BCUT2D eigenvalue weighted by Gasteiger charge is -2.07. The molecule has 5 heteroatoms. The number of hydrogen-bond acceptors (Lipinski definition) is 4. The fourth-order valence-corrected chi connectivity index (χ4v) is 0.501. The molecule has 0 fully saturated rings. The number of carboxylic acids is 1. The fraction of sp³-hybridized carbons (Fsp3) is 0.667. The Morgan fingerprint density at radius 2 is 1.64 bits per heavy atom. The molecule has 2 atom stereocenters. The summed E-state index contributed by atoms with van der Waals surface area (Å²) in [5.74, 6) is -0.981. The van der Waals surface area contributed by atoms with Crippen LogP contribution in [0.3, 0.4) is 0 Å². The Morgan fingerprint density at radius 1 is 1.36 bits per heavy atom. The molecule has 14 heavy (non-hydrogen) atoms. The van der Waals surface area contributed by atoms with E-state index in [1.807, 2.05) is 0 Å². The van der Waals surface area contributed by atoms with Gasteiger partial charge in [-0.3, -0.25) is 0 Å². The molecule has 0 aromatic carbocycles. The maximum absolute atomic E-state index is 9.25. The Balaban J connectivity index is 0. The van der Waals surface area contributed by atoms with Crippen molar-refractivity contribution in [3.8, 4) is 0 Å². The van der Waals surface area contributed by atoms with Gasteiger partial charge in [0.05, 0.1) is 12.2 Å². The number of carboxylic acid groups (broad SMARTS) is 1. The van der Waals surface area contributed by atoms with E-state index in [9.17, 15) is 4.79 Å². The van der Waals surface area contributed by atoms with Gasteiger partial charge in [0.2, 0.25) is 0 Å². The topological polar surface area (TPSA) is 89.8 Å². The number of aliphatic carboxylic acids is 1. The lowest BCUT2D eigenvalue weighted by atomic mass is 10.3.